The van der Waals surface area contributed by atoms with Crippen molar-refractivity contribution in [1.82, 2.24) is 24.1 Å². The number of esters is 1. The van der Waals surface area contributed by atoms with Gasteiger partial charge in [0.25, 0.3) is 0 Å². The van der Waals surface area contributed by atoms with Gasteiger partial charge >= 0.3 is 18.7 Å². The fourth-order valence-electron chi connectivity index (χ4n) is 5.46. The van der Waals surface area contributed by atoms with Crippen LogP contribution in [0, 0.1) is 12.8 Å². The second-order valence-corrected chi connectivity index (χ2v) is 13.0. The van der Waals surface area contributed by atoms with Gasteiger partial charge in [0.2, 0.25) is 16.0 Å². The average Bonchev–Trinajstić information content (AvgIpc) is 3.54. The number of hydrogen-bond acceptors (Lipinski definition) is 8. The van der Waals surface area contributed by atoms with Crippen molar-refractivity contribution in [3.05, 3.63) is 29.8 Å². The predicted molar refractivity (Wildman–Crippen MR) is 141 cm³/mol. The van der Waals surface area contributed by atoms with E-state index >= 15 is 0 Å². The molecule has 10 nitrogen and oxygen atoms in total. The van der Waals surface area contributed by atoms with E-state index in [0.717, 1.165) is 18.2 Å². The molecule has 42 heavy (non-hydrogen) atoms. The lowest BCUT2D eigenvalue weighted by atomic mass is 10.0. The Morgan fingerprint density at radius 2 is 1.81 bits per heavy atom. The van der Waals surface area contributed by atoms with Gasteiger partial charge in [-0.25, -0.2) is 23.1 Å². The Morgan fingerprint density at radius 1 is 1.14 bits per heavy atom. The molecule has 3 heterocycles. The van der Waals surface area contributed by atoms with Gasteiger partial charge in [-0.1, -0.05) is 6.92 Å². The summed E-state index contributed by atoms with van der Waals surface area (Å²) in [6.45, 7) is 0.313. The number of aromatic nitrogens is 4. The summed E-state index contributed by atoms with van der Waals surface area (Å²) in [5.74, 6) is -0.646. The molecule has 2 aliphatic rings. The number of nitrogens with one attached hydrogen (secondary N) is 1. The molecular weight excluding hydrogens is 587 g/mol. The maximum atomic E-state index is 13.0. The second kappa shape index (κ2) is 13.2. The third-order valence-corrected chi connectivity index (χ3v) is 9.73. The molecule has 2 fully saturated rings. The minimum Gasteiger partial charge on any atom is -0.462 e. The number of hydrogen-bond donors (Lipinski definition) is 1. The van der Waals surface area contributed by atoms with Crippen molar-refractivity contribution in [1.29, 1.82) is 0 Å². The van der Waals surface area contributed by atoms with E-state index in [2.05, 4.69) is 20.4 Å². The Labute approximate surface area is 241 Å². The molecule has 0 amide bonds. The first-order valence-corrected chi connectivity index (χ1v) is 15.3. The molecule has 234 valence electrons. The Hall–Kier alpha value is -2.88. The van der Waals surface area contributed by atoms with Gasteiger partial charge in [0.1, 0.15) is 11.0 Å². The summed E-state index contributed by atoms with van der Waals surface area (Å²) in [6, 6.07) is -0.0821. The summed E-state index contributed by atoms with van der Waals surface area (Å²) in [6.07, 6.45) is 1.81. The van der Waals surface area contributed by atoms with Crippen LogP contribution in [0.2, 0.25) is 0 Å². The molecule has 1 N–H and O–H groups in total. The molecular formula is C26H35F5N6O4S. The number of carbonyl (C=O) groups is 1. The molecule has 0 unspecified atom stereocenters. The molecule has 0 bridgehead atoms. The minimum atomic E-state index is -4.25. The quantitative estimate of drug-likeness (QED) is 0.269. The van der Waals surface area contributed by atoms with Crippen LogP contribution in [0.3, 0.4) is 0 Å². The number of nitrogens with zero attached hydrogens (tertiary/aromatic N) is 5. The summed E-state index contributed by atoms with van der Waals surface area (Å²) in [7, 11) is -3.96. The van der Waals surface area contributed by atoms with Crippen molar-refractivity contribution in [2.45, 2.75) is 101 Å². The Bertz CT molecular complexity index is 1310. The first kappa shape index (κ1) is 32.0. The summed E-state index contributed by atoms with van der Waals surface area (Å²) < 4.78 is 96.3. The highest BCUT2D eigenvalue weighted by Crippen LogP contribution is 2.36. The van der Waals surface area contributed by atoms with Crippen molar-refractivity contribution < 1.29 is 39.9 Å². The molecule has 2 aromatic heterocycles. The molecule has 16 heteroatoms. The summed E-state index contributed by atoms with van der Waals surface area (Å²) >= 11 is 0. The van der Waals surface area contributed by atoms with Gasteiger partial charge in [-0.05, 0) is 62.8 Å². The number of halogens is 5. The number of sulfonamides is 1. The lowest BCUT2D eigenvalue weighted by Gasteiger charge is -2.31. The smallest absolute Gasteiger partial charge is 0.389 e. The van der Waals surface area contributed by atoms with E-state index in [1.165, 1.54) is 18.2 Å². The average molecular weight is 623 g/mol. The number of alkyl halides is 5. The van der Waals surface area contributed by atoms with Crippen LogP contribution >= 0.6 is 0 Å². The third kappa shape index (κ3) is 8.36. The Balaban J connectivity index is 1.21. The van der Waals surface area contributed by atoms with E-state index in [-0.39, 0.29) is 54.6 Å². The van der Waals surface area contributed by atoms with Crippen molar-refractivity contribution in [2.24, 2.45) is 5.92 Å². The maximum Gasteiger partial charge on any atom is 0.389 e. The van der Waals surface area contributed by atoms with E-state index in [4.69, 9.17) is 4.74 Å². The van der Waals surface area contributed by atoms with Crippen molar-refractivity contribution in [2.75, 3.05) is 18.4 Å². The molecule has 0 radical (unpaired) electrons. The van der Waals surface area contributed by atoms with Gasteiger partial charge in [0, 0.05) is 44.4 Å². The number of ether oxygens (including phenoxy) is 1. The molecule has 1 aliphatic heterocycles. The molecule has 1 saturated heterocycles. The highest BCUT2D eigenvalue weighted by molar-refractivity contribution is 7.89. The Kier molecular flexibility index (Phi) is 10.1. The fraction of sp³-hybridized carbons (Fsp3) is 0.692. The van der Waals surface area contributed by atoms with E-state index in [1.54, 1.807) is 12.4 Å². The minimum absolute atomic E-state index is 0.0188. The lowest BCUT2D eigenvalue weighted by molar-refractivity contribution is -0.152. The maximum absolute atomic E-state index is 13.0. The van der Waals surface area contributed by atoms with Crippen LogP contribution in [-0.2, 0) is 19.6 Å². The monoisotopic (exact) mass is 622 g/mol. The van der Waals surface area contributed by atoms with Gasteiger partial charge in [-0.15, -0.1) is 0 Å². The lowest BCUT2D eigenvalue weighted by Crippen LogP contribution is -2.42. The normalized spacial score (nSPS) is 21.5. The van der Waals surface area contributed by atoms with Gasteiger partial charge in [0.05, 0.1) is 11.9 Å². The first-order valence-electron chi connectivity index (χ1n) is 13.9. The van der Waals surface area contributed by atoms with Crippen LogP contribution in [0.4, 0.5) is 27.9 Å². The first-order chi connectivity index (χ1) is 19.7. The van der Waals surface area contributed by atoms with Gasteiger partial charge in [0.15, 0.2) is 0 Å². The standard InChI is InChI=1S/C26H35F5N6O4S/c1-16(12-26(29,30)31)3-6-23(38)41-21-5-4-18(11-21)19-13-32-25(33-14-19)34-20-7-9-36(10-8-20)42(39,40)22-15-37(24(27)28)35-17(22)2/h13-16,18,20-21,24H,3-12H2,1-2H3,(H,32,33,34)/t16-,18-,21+/m1/s1. The van der Waals surface area contributed by atoms with Crippen molar-refractivity contribution in [3.8, 4) is 0 Å². The molecule has 3 atom stereocenters. The predicted octanol–water partition coefficient (Wildman–Crippen LogP) is 5.19. The fourth-order valence-corrected chi connectivity index (χ4v) is 7.08. The van der Waals surface area contributed by atoms with E-state index < -0.39 is 41.1 Å². The van der Waals surface area contributed by atoms with Crippen LogP contribution < -0.4 is 5.32 Å². The number of anilines is 1. The summed E-state index contributed by atoms with van der Waals surface area (Å²) in [5.41, 5.74) is 0.906. The zero-order chi connectivity index (χ0) is 30.7. The highest BCUT2D eigenvalue weighted by atomic mass is 32.2. The van der Waals surface area contributed by atoms with Gasteiger partial charge < -0.3 is 10.1 Å². The van der Waals surface area contributed by atoms with Crippen LogP contribution in [0.25, 0.3) is 0 Å². The largest absolute Gasteiger partial charge is 0.462 e. The van der Waals surface area contributed by atoms with E-state index in [1.807, 2.05) is 0 Å². The topological polar surface area (TPSA) is 119 Å². The SMILES string of the molecule is Cc1nn(C(F)F)cc1S(=O)(=O)N1CCC(Nc2ncc([C@@H]3CC[C@H](OC(=O)CC[C@@H](C)CC(F)(F)F)C3)cn2)CC1. The third-order valence-electron chi connectivity index (χ3n) is 7.72. The molecule has 1 aliphatic carbocycles. The van der Waals surface area contributed by atoms with Crippen molar-refractivity contribution in [3.63, 3.8) is 0 Å². The zero-order valence-corrected chi connectivity index (χ0v) is 24.2. The number of aryl methyl sites for hydroxylation is 1. The molecule has 2 aromatic rings. The molecule has 4 rings (SSSR count). The van der Waals surface area contributed by atoms with Crippen LogP contribution in [0.15, 0.2) is 23.5 Å². The van der Waals surface area contributed by atoms with Crippen LogP contribution in [0.1, 0.15) is 82.0 Å². The van der Waals surface area contributed by atoms with E-state index in [9.17, 15) is 35.2 Å². The van der Waals surface area contributed by atoms with Gasteiger partial charge in [-0.2, -0.15) is 31.4 Å². The molecule has 0 spiro atoms. The van der Waals surface area contributed by atoms with Crippen LogP contribution in [-0.4, -0.2) is 69.9 Å². The molecule has 0 aromatic carbocycles. The molecule has 1 saturated carbocycles. The number of carbonyl (C=O) groups excluding carboxylic acids is 1. The summed E-state index contributed by atoms with van der Waals surface area (Å²) in [4.78, 5) is 20.7. The van der Waals surface area contributed by atoms with Crippen LogP contribution in [0.5, 0.6) is 0 Å². The number of piperidine rings is 1. The zero-order valence-electron chi connectivity index (χ0n) is 23.4. The highest BCUT2D eigenvalue weighted by Gasteiger charge is 2.34. The van der Waals surface area contributed by atoms with Crippen molar-refractivity contribution >= 4 is 21.9 Å². The second-order valence-electron chi connectivity index (χ2n) is 11.1. The van der Waals surface area contributed by atoms with E-state index in [0.29, 0.717) is 36.3 Å². The number of rotatable bonds is 11. The van der Waals surface area contributed by atoms with Gasteiger partial charge in [-0.3, -0.25) is 4.79 Å². The summed E-state index contributed by atoms with van der Waals surface area (Å²) in [5, 5.41) is 6.81. The Morgan fingerprint density at radius 3 is 2.40 bits per heavy atom.